The van der Waals surface area contributed by atoms with Crippen LogP contribution in [0.1, 0.15) is 11.1 Å². The molecule has 0 fully saturated rings. The number of rotatable bonds is 2. The van der Waals surface area contributed by atoms with Crippen LogP contribution in [0, 0.1) is 22.7 Å². The minimum absolute atomic E-state index is 0.164. The number of hydrogen-bond donors (Lipinski definition) is 4. The first kappa shape index (κ1) is 30.9. The summed E-state index contributed by atoms with van der Waals surface area (Å²) in [5.74, 6) is 1.23. The van der Waals surface area contributed by atoms with Gasteiger partial charge in [0.25, 0.3) is 0 Å². The predicted octanol–water partition coefficient (Wildman–Crippen LogP) is 7.36. The van der Waals surface area contributed by atoms with Crippen LogP contribution < -0.4 is 22.5 Å². The van der Waals surface area contributed by atoms with Gasteiger partial charge in [-0.25, -0.2) is 15.0 Å². The van der Waals surface area contributed by atoms with E-state index in [1.54, 1.807) is 48.5 Å². The molecule has 0 saturated heterocycles. The van der Waals surface area contributed by atoms with Crippen LogP contribution in [0.4, 0.5) is 29.0 Å². The zero-order chi connectivity index (χ0) is 30.9. The van der Waals surface area contributed by atoms with Gasteiger partial charge in [-0.15, -0.1) is 0 Å². The fourth-order valence-electron chi connectivity index (χ4n) is 3.62. The molecule has 6 aromatic rings. The highest BCUT2D eigenvalue weighted by Crippen LogP contribution is 2.28. The van der Waals surface area contributed by atoms with E-state index in [-0.39, 0.29) is 5.28 Å². The summed E-state index contributed by atoms with van der Waals surface area (Å²) >= 11 is 12.5. The molecule has 2 heterocycles. The molecule has 0 spiro atoms. The number of fused-ring (bicyclic) bond motifs is 2. The standard InChI is InChI=1S/C15H10BrN5.C8H5BrClN3.C7H6N2/c16-12-3-1-2-11-13(12)20-15(21-14(11)18)19-10-6-4-9(8-17)5-7-10;9-5-3-1-2-4-6(5)12-8(10)13-7(4)11;8-5-6-1-3-7(9)4-2-6/h1-7H,(H3,18,19,20,21);1-3H,(H2,11,12,13);1-4H,9H2. The second-order valence-electron chi connectivity index (χ2n) is 8.63. The molecule has 0 aliphatic carbocycles. The number of halogens is 3. The molecule has 4 aromatic carbocycles. The molecule has 0 aliphatic heterocycles. The summed E-state index contributed by atoms with van der Waals surface area (Å²) in [5.41, 5.74) is 21.2. The molecule has 6 rings (SSSR count). The molecule has 0 radical (unpaired) electrons. The van der Waals surface area contributed by atoms with Crippen LogP contribution in [-0.4, -0.2) is 19.9 Å². The molecule has 43 heavy (non-hydrogen) atoms. The maximum atomic E-state index is 8.79. The van der Waals surface area contributed by atoms with Crippen LogP contribution >= 0.6 is 43.5 Å². The average molecular weight is 717 g/mol. The number of nitrogen functional groups attached to an aromatic ring is 3. The summed E-state index contributed by atoms with van der Waals surface area (Å²) < 4.78 is 1.72. The van der Waals surface area contributed by atoms with E-state index in [1.807, 2.05) is 42.5 Å². The second kappa shape index (κ2) is 14.2. The molecule has 0 saturated carbocycles. The number of nitrogens with two attached hydrogens (primary N) is 3. The topological polar surface area (TPSA) is 189 Å². The van der Waals surface area contributed by atoms with Crippen LogP contribution in [0.3, 0.4) is 0 Å². The van der Waals surface area contributed by atoms with Crippen LogP contribution in [0.5, 0.6) is 0 Å². The van der Waals surface area contributed by atoms with Gasteiger partial charge in [-0.1, -0.05) is 12.1 Å². The largest absolute Gasteiger partial charge is 0.399 e. The SMILES string of the molecule is N#Cc1ccc(N)cc1.N#Cc1ccc(Nc2nc(N)c3cccc(Br)c3n2)cc1.Nc1nc(Cl)nc2c(Br)cccc12. The molecular formula is C30H21Br2ClN10. The lowest BCUT2D eigenvalue weighted by Gasteiger charge is -2.08. The molecule has 0 atom stereocenters. The maximum absolute atomic E-state index is 8.79. The number of nitrogens with zero attached hydrogens (tertiary/aromatic N) is 6. The Morgan fingerprint density at radius 3 is 1.65 bits per heavy atom. The Kier molecular flexibility index (Phi) is 10.3. The lowest BCUT2D eigenvalue weighted by molar-refractivity contribution is 1.22. The summed E-state index contributed by atoms with van der Waals surface area (Å²) in [6.45, 7) is 0. The zero-order valence-corrected chi connectivity index (χ0v) is 26.1. The average Bonchev–Trinajstić information content (AvgIpc) is 3.00. The van der Waals surface area contributed by atoms with Crippen molar-refractivity contribution in [3.05, 3.63) is 110 Å². The molecule has 10 nitrogen and oxygen atoms in total. The van der Waals surface area contributed by atoms with Gasteiger partial charge in [0.1, 0.15) is 11.6 Å². The summed E-state index contributed by atoms with van der Waals surface area (Å²) in [5, 5.41) is 22.0. The first-order chi connectivity index (χ1) is 20.7. The van der Waals surface area contributed by atoms with E-state index in [9.17, 15) is 0 Å². The first-order valence-corrected chi connectivity index (χ1v) is 14.3. The van der Waals surface area contributed by atoms with Gasteiger partial charge in [-0.05, 0) is 116 Å². The van der Waals surface area contributed by atoms with Crippen LogP contribution in [0.15, 0.2) is 93.9 Å². The molecular weight excluding hydrogens is 696 g/mol. The molecule has 2 aromatic heterocycles. The lowest BCUT2D eigenvalue weighted by atomic mass is 10.2. The van der Waals surface area contributed by atoms with E-state index in [0.717, 1.165) is 36.4 Å². The Balaban J connectivity index is 0.000000163. The Bertz CT molecular complexity index is 1990. The summed E-state index contributed by atoms with van der Waals surface area (Å²) in [6, 6.07) is 29.2. The van der Waals surface area contributed by atoms with Crippen molar-refractivity contribution >= 4 is 94.2 Å². The molecule has 0 amide bonds. The quantitative estimate of drug-likeness (QED) is 0.104. The minimum atomic E-state index is 0.164. The summed E-state index contributed by atoms with van der Waals surface area (Å²) in [7, 11) is 0. The van der Waals surface area contributed by atoms with Crippen molar-refractivity contribution in [1.82, 2.24) is 19.9 Å². The third-order valence-electron chi connectivity index (χ3n) is 5.70. The van der Waals surface area contributed by atoms with Gasteiger partial charge in [0.05, 0.1) is 34.3 Å². The lowest BCUT2D eigenvalue weighted by Crippen LogP contribution is -2.01. The molecule has 7 N–H and O–H groups in total. The molecule has 13 heteroatoms. The Morgan fingerprint density at radius 2 is 1.12 bits per heavy atom. The maximum Gasteiger partial charge on any atom is 0.229 e. The van der Waals surface area contributed by atoms with Crippen molar-refractivity contribution in [1.29, 1.82) is 10.5 Å². The number of anilines is 5. The van der Waals surface area contributed by atoms with Gasteiger partial charge >= 0.3 is 0 Å². The third-order valence-corrected chi connectivity index (χ3v) is 7.15. The highest BCUT2D eigenvalue weighted by Gasteiger charge is 2.08. The number of nitriles is 2. The summed E-state index contributed by atoms with van der Waals surface area (Å²) in [4.78, 5) is 16.6. The van der Waals surface area contributed by atoms with E-state index in [4.69, 9.17) is 39.3 Å². The number of nitrogens with one attached hydrogen (secondary N) is 1. The predicted molar refractivity (Wildman–Crippen MR) is 178 cm³/mol. The van der Waals surface area contributed by atoms with Gasteiger partial charge in [0, 0.05) is 31.1 Å². The van der Waals surface area contributed by atoms with Crippen molar-refractivity contribution in [2.75, 3.05) is 22.5 Å². The fourth-order valence-corrected chi connectivity index (χ4v) is 4.71. The highest BCUT2D eigenvalue weighted by molar-refractivity contribution is 9.11. The van der Waals surface area contributed by atoms with Crippen LogP contribution in [0.25, 0.3) is 21.8 Å². The van der Waals surface area contributed by atoms with Crippen molar-refractivity contribution in [2.24, 2.45) is 0 Å². The van der Waals surface area contributed by atoms with Crippen molar-refractivity contribution in [2.45, 2.75) is 0 Å². The molecule has 0 unspecified atom stereocenters. The van der Waals surface area contributed by atoms with E-state index < -0.39 is 0 Å². The Morgan fingerprint density at radius 1 is 0.628 bits per heavy atom. The second-order valence-corrected chi connectivity index (χ2v) is 10.7. The number of hydrogen-bond acceptors (Lipinski definition) is 10. The van der Waals surface area contributed by atoms with Gasteiger partial charge in [-0.2, -0.15) is 15.5 Å². The number of para-hydroxylation sites is 2. The van der Waals surface area contributed by atoms with Crippen LogP contribution in [0.2, 0.25) is 5.28 Å². The molecule has 0 aliphatic rings. The van der Waals surface area contributed by atoms with E-state index in [0.29, 0.717) is 34.4 Å². The van der Waals surface area contributed by atoms with E-state index in [1.165, 1.54) is 0 Å². The van der Waals surface area contributed by atoms with E-state index in [2.05, 4.69) is 63.2 Å². The van der Waals surface area contributed by atoms with Gasteiger partial charge < -0.3 is 22.5 Å². The van der Waals surface area contributed by atoms with E-state index >= 15 is 0 Å². The minimum Gasteiger partial charge on any atom is -0.399 e. The van der Waals surface area contributed by atoms with Crippen molar-refractivity contribution < 1.29 is 0 Å². The number of aromatic nitrogens is 4. The van der Waals surface area contributed by atoms with Crippen LogP contribution in [-0.2, 0) is 0 Å². The number of benzene rings is 4. The fraction of sp³-hybridized carbons (Fsp3) is 0. The van der Waals surface area contributed by atoms with Gasteiger partial charge in [0.15, 0.2) is 0 Å². The first-order valence-electron chi connectivity index (χ1n) is 12.3. The smallest absolute Gasteiger partial charge is 0.229 e. The third kappa shape index (κ3) is 8.05. The summed E-state index contributed by atoms with van der Waals surface area (Å²) in [6.07, 6.45) is 0. The monoisotopic (exact) mass is 714 g/mol. The van der Waals surface area contributed by atoms with Gasteiger partial charge in [0.2, 0.25) is 11.2 Å². The zero-order valence-electron chi connectivity index (χ0n) is 22.1. The Hall–Kier alpha value is -5.01. The molecule has 0 bridgehead atoms. The highest BCUT2D eigenvalue weighted by atomic mass is 79.9. The molecule has 212 valence electrons. The van der Waals surface area contributed by atoms with Crippen molar-refractivity contribution in [3.8, 4) is 12.1 Å². The van der Waals surface area contributed by atoms with Gasteiger partial charge in [-0.3, -0.25) is 0 Å². The normalized spacial score (nSPS) is 9.98. The Labute approximate surface area is 268 Å². The van der Waals surface area contributed by atoms with Crippen molar-refractivity contribution in [3.63, 3.8) is 0 Å².